The average Bonchev–Trinajstić information content (AvgIpc) is 2.75. The normalized spacial score (nSPS) is 18.4. The second-order valence-corrected chi connectivity index (χ2v) is 4.32. The van der Waals surface area contributed by atoms with Crippen molar-refractivity contribution in [1.82, 2.24) is 9.97 Å². The minimum Gasteiger partial charge on any atom is -0.388 e. The molecule has 5 heteroatoms. The van der Waals surface area contributed by atoms with Crippen LogP contribution >= 0.6 is 0 Å². The Morgan fingerprint density at radius 2 is 2.00 bits per heavy atom. The van der Waals surface area contributed by atoms with E-state index in [0.29, 0.717) is 12.4 Å². The van der Waals surface area contributed by atoms with Gasteiger partial charge >= 0.3 is 0 Å². The fourth-order valence-electron chi connectivity index (χ4n) is 2.04. The van der Waals surface area contributed by atoms with E-state index in [9.17, 15) is 5.11 Å². The summed E-state index contributed by atoms with van der Waals surface area (Å²) in [4.78, 5) is 8.34. The zero-order valence-electron chi connectivity index (χ0n) is 9.53. The summed E-state index contributed by atoms with van der Waals surface area (Å²) in [5.41, 5.74) is -0.558. The molecule has 1 aliphatic carbocycles. The highest BCUT2D eigenvalue weighted by molar-refractivity contribution is 5.41. The zero-order chi connectivity index (χ0) is 11.4. The molecule has 0 aromatic carbocycles. The maximum absolute atomic E-state index is 10.2. The van der Waals surface area contributed by atoms with Crippen LogP contribution in [0.25, 0.3) is 0 Å². The SMILES string of the molecule is CNc1cncc(NCC2(O)CCCC2)n1. The predicted octanol–water partition coefficient (Wildman–Crippen LogP) is 1.24. The first-order valence-corrected chi connectivity index (χ1v) is 5.68. The molecule has 88 valence electrons. The van der Waals surface area contributed by atoms with E-state index >= 15 is 0 Å². The van der Waals surface area contributed by atoms with Crippen LogP contribution in [0.5, 0.6) is 0 Å². The van der Waals surface area contributed by atoms with Crippen molar-refractivity contribution in [1.29, 1.82) is 0 Å². The summed E-state index contributed by atoms with van der Waals surface area (Å²) in [6.45, 7) is 0.550. The summed E-state index contributed by atoms with van der Waals surface area (Å²) in [7, 11) is 1.80. The summed E-state index contributed by atoms with van der Waals surface area (Å²) >= 11 is 0. The van der Waals surface area contributed by atoms with Gasteiger partial charge < -0.3 is 15.7 Å². The van der Waals surface area contributed by atoms with Gasteiger partial charge in [0.05, 0.1) is 18.0 Å². The molecule has 1 aromatic rings. The first-order valence-electron chi connectivity index (χ1n) is 5.68. The molecular weight excluding hydrogens is 204 g/mol. The van der Waals surface area contributed by atoms with E-state index in [0.717, 1.165) is 31.5 Å². The predicted molar refractivity (Wildman–Crippen MR) is 63.5 cm³/mol. The summed E-state index contributed by atoms with van der Waals surface area (Å²) in [6.07, 6.45) is 7.30. The highest BCUT2D eigenvalue weighted by atomic mass is 16.3. The van der Waals surface area contributed by atoms with Crippen LogP contribution in [-0.2, 0) is 0 Å². The number of hydrogen-bond acceptors (Lipinski definition) is 5. The van der Waals surface area contributed by atoms with Crippen molar-refractivity contribution in [3.05, 3.63) is 12.4 Å². The molecule has 1 saturated carbocycles. The zero-order valence-corrected chi connectivity index (χ0v) is 9.53. The highest BCUT2D eigenvalue weighted by Crippen LogP contribution is 2.29. The van der Waals surface area contributed by atoms with Gasteiger partial charge in [-0.2, -0.15) is 0 Å². The molecule has 0 radical (unpaired) electrons. The number of aliphatic hydroxyl groups is 1. The van der Waals surface area contributed by atoms with Crippen LogP contribution in [0.3, 0.4) is 0 Å². The Bertz CT molecular complexity index is 350. The van der Waals surface area contributed by atoms with Gasteiger partial charge in [-0.1, -0.05) is 12.8 Å². The number of nitrogens with zero attached hydrogens (tertiary/aromatic N) is 2. The van der Waals surface area contributed by atoms with Crippen molar-refractivity contribution < 1.29 is 5.11 Å². The molecule has 3 N–H and O–H groups in total. The average molecular weight is 222 g/mol. The van der Waals surface area contributed by atoms with E-state index in [4.69, 9.17) is 0 Å². The fraction of sp³-hybridized carbons (Fsp3) is 0.636. The summed E-state index contributed by atoms with van der Waals surface area (Å²) < 4.78 is 0. The van der Waals surface area contributed by atoms with Crippen LogP contribution in [0.4, 0.5) is 11.6 Å². The molecule has 0 spiro atoms. The molecule has 1 fully saturated rings. The Kier molecular flexibility index (Phi) is 3.24. The second-order valence-electron chi connectivity index (χ2n) is 4.32. The summed E-state index contributed by atoms with van der Waals surface area (Å²) in [6, 6.07) is 0. The second kappa shape index (κ2) is 4.65. The van der Waals surface area contributed by atoms with Gasteiger partial charge in [-0.05, 0) is 12.8 Å². The highest BCUT2D eigenvalue weighted by Gasteiger charge is 2.30. The maximum Gasteiger partial charge on any atom is 0.147 e. The standard InChI is InChI=1S/C11H18N4O/c1-12-9-6-13-7-10(15-9)14-8-11(16)4-2-3-5-11/h6-7,16H,2-5,8H2,1H3,(H2,12,14,15). The number of aromatic nitrogens is 2. The first-order chi connectivity index (χ1) is 7.72. The van der Waals surface area contributed by atoms with E-state index in [-0.39, 0.29) is 0 Å². The van der Waals surface area contributed by atoms with Crippen LogP contribution in [0, 0.1) is 0 Å². The van der Waals surface area contributed by atoms with Crippen LogP contribution in [0.1, 0.15) is 25.7 Å². The van der Waals surface area contributed by atoms with Crippen molar-refractivity contribution in [2.75, 3.05) is 24.2 Å². The molecule has 1 aliphatic rings. The van der Waals surface area contributed by atoms with E-state index in [2.05, 4.69) is 20.6 Å². The molecule has 0 saturated heterocycles. The van der Waals surface area contributed by atoms with Crippen LogP contribution in [0.2, 0.25) is 0 Å². The minimum atomic E-state index is -0.558. The number of nitrogens with one attached hydrogen (secondary N) is 2. The van der Waals surface area contributed by atoms with Crippen molar-refractivity contribution in [3.63, 3.8) is 0 Å². The van der Waals surface area contributed by atoms with Crippen LogP contribution in [0.15, 0.2) is 12.4 Å². The minimum absolute atomic E-state index is 0.550. The van der Waals surface area contributed by atoms with Crippen molar-refractivity contribution in [2.45, 2.75) is 31.3 Å². The van der Waals surface area contributed by atoms with E-state index in [1.807, 2.05) is 0 Å². The smallest absolute Gasteiger partial charge is 0.147 e. The number of hydrogen-bond donors (Lipinski definition) is 3. The van der Waals surface area contributed by atoms with E-state index in [1.54, 1.807) is 19.4 Å². The van der Waals surface area contributed by atoms with Gasteiger partial charge in [-0.25, -0.2) is 4.98 Å². The molecule has 0 bridgehead atoms. The Hall–Kier alpha value is -1.36. The molecule has 1 heterocycles. The lowest BCUT2D eigenvalue weighted by Gasteiger charge is -2.22. The largest absolute Gasteiger partial charge is 0.388 e. The molecule has 0 atom stereocenters. The van der Waals surface area contributed by atoms with Gasteiger partial charge in [0.15, 0.2) is 0 Å². The molecule has 0 unspecified atom stereocenters. The van der Waals surface area contributed by atoms with Gasteiger partial charge in [-0.15, -0.1) is 0 Å². The monoisotopic (exact) mass is 222 g/mol. The van der Waals surface area contributed by atoms with Gasteiger partial charge in [0.25, 0.3) is 0 Å². The number of rotatable bonds is 4. The lowest BCUT2D eigenvalue weighted by atomic mass is 10.0. The molecule has 1 aromatic heterocycles. The van der Waals surface area contributed by atoms with Gasteiger partial charge in [0.2, 0.25) is 0 Å². The third kappa shape index (κ3) is 2.61. The summed E-state index contributed by atoms with van der Waals surface area (Å²) in [5.74, 6) is 1.43. The Labute approximate surface area is 95.3 Å². The van der Waals surface area contributed by atoms with Crippen LogP contribution < -0.4 is 10.6 Å². The lowest BCUT2D eigenvalue weighted by molar-refractivity contribution is 0.0614. The Balaban J connectivity index is 1.93. The van der Waals surface area contributed by atoms with Gasteiger partial charge in [0.1, 0.15) is 11.6 Å². The fourth-order valence-corrected chi connectivity index (χ4v) is 2.04. The van der Waals surface area contributed by atoms with Crippen molar-refractivity contribution in [3.8, 4) is 0 Å². The number of anilines is 2. The quantitative estimate of drug-likeness (QED) is 0.715. The van der Waals surface area contributed by atoms with Crippen molar-refractivity contribution in [2.24, 2.45) is 0 Å². The lowest BCUT2D eigenvalue weighted by Crippen LogP contribution is -2.33. The first kappa shape index (κ1) is 11.1. The van der Waals surface area contributed by atoms with E-state index in [1.165, 1.54) is 0 Å². The molecule has 0 aliphatic heterocycles. The molecular formula is C11H18N4O. The molecule has 2 rings (SSSR count). The topological polar surface area (TPSA) is 70.1 Å². The molecule has 0 amide bonds. The van der Waals surface area contributed by atoms with Crippen LogP contribution in [-0.4, -0.2) is 34.3 Å². The summed E-state index contributed by atoms with van der Waals surface area (Å²) in [5, 5.41) is 16.2. The molecule has 16 heavy (non-hydrogen) atoms. The van der Waals surface area contributed by atoms with Gasteiger partial charge in [-0.3, -0.25) is 4.98 Å². The van der Waals surface area contributed by atoms with E-state index < -0.39 is 5.60 Å². The Morgan fingerprint density at radius 1 is 1.31 bits per heavy atom. The van der Waals surface area contributed by atoms with Gasteiger partial charge in [0, 0.05) is 13.6 Å². The van der Waals surface area contributed by atoms with Crippen molar-refractivity contribution >= 4 is 11.6 Å². The Morgan fingerprint density at radius 3 is 2.69 bits per heavy atom. The maximum atomic E-state index is 10.2. The molecule has 5 nitrogen and oxygen atoms in total. The third-order valence-corrected chi connectivity index (χ3v) is 3.02. The third-order valence-electron chi connectivity index (χ3n) is 3.02.